The molecule has 2 rings (SSSR count). The van der Waals surface area contributed by atoms with Crippen molar-refractivity contribution in [2.24, 2.45) is 17.0 Å². The van der Waals surface area contributed by atoms with E-state index in [2.05, 4.69) is 19.2 Å². The first kappa shape index (κ1) is 13.5. The lowest BCUT2D eigenvalue weighted by Gasteiger charge is -2.14. The number of primary sulfonamides is 1. The van der Waals surface area contributed by atoms with Crippen molar-refractivity contribution in [1.82, 2.24) is 5.32 Å². The Morgan fingerprint density at radius 2 is 1.94 bits per heavy atom. The second-order valence-corrected chi connectivity index (χ2v) is 6.78. The zero-order chi connectivity index (χ0) is 13.3. The van der Waals surface area contributed by atoms with E-state index in [4.69, 9.17) is 5.14 Å². The van der Waals surface area contributed by atoms with Crippen molar-refractivity contribution in [2.45, 2.75) is 31.2 Å². The van der Waals surface area contributed by atoms with Crippen LogP contribution in [-0.4, -0.2) is 15.0 Å². The maximum absolute atomic E-state index is 11.1. The average Bonchev–Trinajstić information content (AvgIpc) is 3.01. The lowest BCUT2D eigenvalue weighted by Crippen LogP contribution is -2.21. The maximum Gasteiger partial charge on any atom is 0.238 e. The molecule has 100 valence electrons. The number of hydrogen-bond acceptors (Lipinski definition) is 3. The Labute approximate surface area is 109 Å². The molecule has 5 heteroatoms. The van der Waals surface area contributed by atoms with E-state index in [0.717, 1.165) is 23.9 Å². The Morgan fingerprint density at radius 3 is 2.39 bits per heavy atom. The third kappa shape index (κ3) is 3.31. The second-order valence-electron chi connectivity index (χ2n) is 5.22. The highest BCUT2D eigenvalue weighted by atomic mass is 32.2. The number of nitrogens with two attached hydrogens (primary N) is 1. The topological polar surface area (TPSA) is 72.2 Å². The van der Waals surface area contributed by atoms with Gasteiger partial charge in [-0.15, -0.1) is 0 Å². The molecule has 0 heterocycles. The van der Waals surface area contributed by atoms with Gasteiger partial charge in [0.05, 0.1) is 4.90 Å². The van der Waals surface area contributed by atoms with Gasteiger partial charge >= 0.3 is 0 Å². The highest BCUT2D eigenvalue weighted by Gasteiger charge is 2.32. The largest absolute Gasteiger partial charge is 0.310 e. The summed E-state index contributed by atoms with van der Waals surface area (Å²) in [5.41, 5.74) is 1.08. The van der Waals surface area contributed by atoms with Gasteiger partial charge in [-0.25, -0.2) is 13.6 Å². The van der Waals surface area contributed by atoms with Crippen molar-refractivity contribution in [2.75, 3.05) is 6.54 Å². The van der Waals surface area contributed by atoms with E-state index < -0.39 is 10.0 Å². The molecule has 18 heavy (non-hydrogen) atoms. The summed E-state index contributed by atoms with van der Waals surface area (Å²) in [5, 5.41) is 8.53. The summed E-state index contributed by atoms with van der Waals surface area (Å²) in [6, 6.07) is 6.97. The quantitative estimate of drug-likeness (QED) is 0.852. The molecule has 3 N–H and O–H groups in total. The summed E-state index contributed by atoms with van der Waals surface area (Å²) in [4.78, 5) is 0.161. The molecule has 4 nitrogen and oxygen atoms in total. The van der Waals surface area contributed by atoms with Crippen LogP contribution in [0.2, 0.25) is 0 Å². The Bertz CT molecular complexity index is 510. The van der Waals surface area contributed by atoms with Gasteiger partial charge < -0.3 is 5.32 Å². The van der Waals surface area contributed by atoms with Crippen molar-refractivity contribution < 1.29 is 8.42 Å². The van der Waals surface area contributed by atoms with Crippen molar-refractivity contribution in [3.05, 3.63) is 29.8 Å². The van der Waals surface area contributed by atoms with E-state index in [1.807, 2.05) is 12.1 Å². The van der Waals surface area contributed by atoms with Crippen LogP contribution in [0.25, 0.3) is 0 Å². The van der Waals surface area contributed by atoms with Gasteiger partial charge in [0.2, 0.25) is 10.0 Å². The van der Waals surface area contributed by atoms with Crippen molar-refractivity contribution in [3.63, 3.8) is 0 Å². The summed E-state index contributed by atoms with van der Waals surface area (Å²) >= 11 is 0. The molecule has 0 spiro atoms. The molecular formula is C13H20N2O2S. The molecule has 1 saturated carbocycles. The molecule has 0 saturated heterocycles. The van der Waals surface area contributed by atoms with E-state index in [9.17, 15) is 8.42 Å². The minimum atomic E-state index is -3.59. The average molecular weight is 268 g/mol. The number of nitrogens with one attached hydrogen (secondary N) is 1. The van der Waals surface area contributed by atoms with Gasteiger partial charge in [-0.05, 0) is 49.4 Å². The number of hydrogen-bond donors (Lipinski definition) is 2. The molecule has 1 aromatic carbocycles. The van der Waals surface area contributed by atoms with Gasteiger partial charge in [-0.1, -0.05) is 19.1 Å². The molecule has 0 aliphatic heterocycles. The molecule has 0 bridgehead atoms. The number of sulfonamides is 1. The zero-order valence-corrected chi connectivity index (χ0v) is 11.6. The van der Waals surface area contributed by atoms with Gasteiger partial charge in [-0.2, -0.15) is 0 Å². The molecule has 3 atom stereocenters. The fraction of sp³-hybridized carbons (Fsp3) is 0.538. The lowest BCUT2D eigenvalue weighted by atomic mass is 10.1. The fourth-order valence-corrected chi connectivity index (χ4v) is 2.59. The molecule has 1 aromatic rings. The minimum Gasteiger partial charge on any atom is -0.310 e. The Hall–Kier alpha value is -0.910. The van der Waals surface area contributed by atoms with E-state index >= 15 is 0 Å². The van der Waals surface area contributed by atoms with E-state index in [-0.39, 0.29) is 10.9 Å². The van der Waals surface area contributed by atoms with Gasteiger partial charge in [-0.3, -0.25) is 0 Å². The molecule has 1 aliphatic carbocycles. The van der Waals surface area contributed by atoms with Gasteiger partial charge in [0.1, 0.15) is 0 Å². The molecule has 1 fully saturated rings. The second kappa shape index (κ2) is 4.99. The third-order valence-electron chi connectivity index (χ3n) is 3.67. The standard InChI is InChI=1S/C13H20N2O2S/c1-9-7-12(9)8-15-10(2)11-3-5-13(6-4-11)18(14,16)17/h3-6,9-10,12,15H,7-8H2,1-2H3,(H2,14,16,17). The van der Waals surface area contributed by atoms with Crippen LogP contribution in [0.15, 0.2) is 29.2 Å². The van der Waals surface area contributed by atoms with E-state index in [1.54, 1.807) is 12.1 Å². The predicted octanol–water partition coefficient (Wildman–Crippen LogP) is 1.64. The van der Waals surface area contributed by atoms with Crippen molar-refractivity contribution in [1.29, 1.82) is 0 Å². The fourth-order valence-electron chi connectivity index (χ4n) is 2.08. The van der Waals surface area contributed by atoms with Crippen LogP contribution in [0.5, 0.6) is 0 Å². The SMILES string of the molecule is CC(NCC1CC1C)c1ccc(S(N)(=O)=O)cc1. The third-order valence-corrected chi connectivity index (χ3v) is 4.60. The van der Waals surface area contributed by atoms with Crippen molar-refractivity contribution >= 4 is 10.0 Å². The summed E-state index contributed by atoms with van der Waals surface area (Å²) in [6.45, 7) is 5.37. The van der Waals surface area contributed by atoms with Crippen LogP contribution >= 0.6 is 0 Å². The van der Waals surface area contributed by atoms with Crippen LogP contribution in [0.1, 0.15) is 31.9 Å². The van der Waals surface area contributed by atoms with Gasteiger partial charge in [0, 0.05) is 6.04 Å². The van der Waals surface area contributed by atoms with Crippen LogP contribution in [-0.2, 0) is 10.0 Å². The molecular weight excluding hydrogens is 248 g/mol. The zero-order valence-electron chi connectivity index (χ0n) is 10.8. The van der Waals surface area contributed by atoms with Gasteiger partial charge in [0.25, 0.3) is 0 Å². The van der Waals surface area contributed by atoms with Crippen molar-refractivity contribution in [3.8, 4) is 0 Å². The summed E-state index contributed by atoms with van der Waals surface area (Å²) in [7, 11) is -3.59. The summed E-state index contributed by atoms with van der Waals surface area (Å²) in [6.07, 6.45) is 1.31. The Morgan fingerprint density at radius 1 is 1.39 bits per heavy atom. The molecule has 0 amide bonds. The first-order chi connectivity index (χ1) is 8.38. The lowest BCUT2D eigenvalue weighted by molar-refractivity contribution is 0.535. The van der Waals surface area contributed by atoms with E-state index in [0.29, 0.717) is 0 Å². The highest BCUT2D eigenvalue weighted by Crippen LogP contribution is 2.37. The van der Waals surface area contributed by atoms with Crippen LogP contribution in [0, 0.1) is 11.8 Å². The van der Waals surface area contributed by atoms with Crippen LogP contribution in [0.4, 0.5) is 0 Å². The highest BCUT2D eigenvalue weighted by molar-refractivity contribution is 7.89. The van der Waals surface area contributed by atoms with Gasteiger partial charge in [0.15, 0.2) is 0 Å². The maximum atomic E-state index is 11.1. The molecule has 1 aliphatic rings. The number of rotatable bonds is 5. The Balaban J connectivity index is 1.96. The first-order valence-electron chi connectivity index (χ1n) is 6.24. The number of benzene rings is 1. The summed E-state index contributed by atoms with van der Waals surface area (Å²) in [5.74, 6) is 1.64. The molecule has 0 radical (unpaired) electrons. The molecule has 3 unspecified atom stereocenters. The summed E-state index contributed by atoms with van der Waals surface area (Å²) < 4.78 is 22.3. The van der Waals surface area contributed by atoms with Crippen LogP contribution in [0.3, 0.4) is 0 Å². The van der Waals surface area contributed by atoms with Crippen LogP contribution < -0.4 is 10.5 Å². The van der Waals surface area contributed by atoms with E-state index in [1.165, 1.54) is 6.42 Å². The molecule has 0 aromatic heterocycles. The predicted molar refractivity (Wildman–Crippen MR) is 71.5 cm³/mol. The first-order valence-corrected chi connectivity index (χ1v) is 7.78. The Kier molecular flexibility index (Phi) is 3.75. The minimum absolute atomic E-state index is 0.161. The normalized spacial score (nSPS) is 24.8. The monoisotopic (exact) mass is 268 g/mol. The smallest absolute Gasteiger partial charge is 0.238 e.